The van der Waals surface area contributed by atoms with E-state index in [1.165, 1.54) is 6.20 Å². The van der Waals surface area contributed by atoms with E-state index in [9.17, 15) is 4.79 Å². The van der Waals surface area contributed by atoms with E-state index >= 15 is 0 Å². The highest BCUT2D eigenvalue weighted by molar-refractivity contribution is 5.79. The van der Waals surface area contributed by atoms with Crippen LogP contribution < -0.4 is 10.9 Å². The van der Waals surface area contributed by atoms with Crippen LogP contribution >= 0.6 is 0 Å². The number of pyridine rings is 2. The molecule has 2 heterocycles. The Labute approximate surface area is 126 Å². The van der Waals surface area contributed by atoms with Crippen molar-refractivity contribution < 1.29 is 0 Å². The van der Waals surface area contributed by atoms with Crippen molar-refractivity contribution in [3.63, 3.8) is 0 Å². The summed E-state index contributed by atoms with van der Waals surface area (Å²) < 4.78 is 0. The van der Waals surface area contributed by atoms with Gasteiger partial charge in [-0.15, -0.1) is 0 Å². The van der Waals surface area contributed by atoms with Crippen LogP contribution in [0.5, 0.6) is 0 Å². The molecule has 6 heteroatoms. The summed E-state index contributed by atoms with van der Waals surface area (Å²) in [6.07, 6.45) is 3.15. The largest absolute Gasteiger partial charge is 0.360 e. The predicted molar refractivity (Wildman–Crippen MR) is 85.6 cm³/mol. The molecule has 0 saturated heterocycles. The summed E-state index contributed by atoms with van der Waals surface area (Å²) in [6.45, 7) is 0. The van der Waals surface area contributed by atoms with Crippen LogP contribution in [0.1, 0.15) is 5.56 Å². The van der Waals surface area contributed by atoms with Gasteiger partial charge in [0.25, 0.3) is 5.56 Å². The van der Waals surface area contributed by atoms with Crippen LogP contribution in [0.4, 0.5) is 5.69 Å². The fourth-order valence-electron chi connectivity index (χ4n) is 2.08. The Balaban J connectivity index is 2.01. The van der Waals surface area contributed by atoms with Crippen LogP contribution in [-0.2, 0) is 0 Å². The minimum atomic E-state index is -0.330. The summed E-state index contributed by atoms with van der Waals surface area (Å²) in [5.74, 6) is 0. The Morgan fingerprint density at radius 1 is 1.23 bits per heavy atom. The maximum absolute atomic E-state index is 12.1. The number of para-hydroxylation sites is 1. The zero-order chi connectivity index (χ0) is 15.4. The summed E-state index contributed by atoms with van der Waals surface area (Å²) in [6, 6.07) is 14.8. The fraction of sp³-hybridized carbons (Fsp3) is 0. The summed E-state index contributed by atoms with van der Waals surface area (Å²) >= 11 is 0. The van der Waals surface area contributed by atoms with Crippen molar-refractivity contribution in [2.45, 2.75) is 0 Å². The van der Waals surface area contributed by atoms with Gasteiger partial charge in [-0.2, -0.15) is 5.11 Å². The molecule has 0 atom stereocenters. The van der Waals surface area contributed by atoms with Crippen LogP contribution in [0.3, 0.4) is 0 Å². The van der Waals surface area contributed by atoms with E-state index in [1.54, 1.807) is 18.3 Å². The van der Waals surface area contributed by atoms with Crippen LogP contribution in [-0.4, -0.2) is 9.97 Å². The summed E-state index contributed by atoms with van der Waals surface area (Å²) in [4.78, 5) is 18.9. The fourth-order valence-corrected chi connectivity index (χ4v) is 2.08. The Hall–Kier alpha value is -3.28. The van der Waals surface area contributed by atoms with Gasteiger partial charge in [0.05, 0.1) is 5.56 Å². The molecule has 0 aliphatic carbocycles. The van der Waals surface area contributed by atoms with Gasteiger partial charge in [0.15, 0.2) is 0 Å². The quantitative estimate of drug-likeness (QED) is 0.643. The Bertz CT molecular complexity index is 899. The third-order valence-corrected chi connectivity index (χ3v) is 3.16. The normalized spacial score (nSPS) is 11.4. The van der Waals surface area contributed by atoms with Gasteiger partial charge in [-0.3, -0.25) is 4.79 Å². The van der Waals surface area contributed by atoms with Crippen LogP contribution in [0.15, 0.2) is 70.8 Å². The number of fused-ring (bicyclic) bond motifs is 1. The van der Waals surface area contributed by atoms with Gasteiger partial charge in [0, 0.05) is 23.5 Å². The second-order valence-electron chi connectivity index (χ2n) is 4.61. The van der Waals surface area contributed by atoms with Gasteiger partial charge in [-0.1, -0.05) is 18.2 Å². The van der Waals surface area contributed by atoms with Crippen molar-refractivity contribution in [1.82, 2.24) is 9.97 Å². The highest BCUT2D eigenvalue weighted by Gasteiger charge is 2.08. The first-order valence-electron chi connectivity index (χ1n) is 6.65. The molecule has 0 unspecified atom stereocenters. The first kappa shape index (κ1) is 13.7. The van der Waals surface area contributed by atoms with Crippen LogP contribution in [0, 0.1) is 5.53 Å². The van der Waals surface area contributed by atoms with Gasteiger partial charge >= 0.3 is 0 Å². The molecule has 3 N–H and O–H groups in total. The van der Waals surface area contributed by atoms with E-state index in [0.29, 0.717) is 11.2 Å². The molecule has 3 aromatic rings. The maximum atomic E-state index is 12.1. The molecule has 0 spiro atoms. The average Bonchev–Trinajstić information content (AvgIpc) is 2.56. The lowest BCUT2D eigenvalue weighted by atomic mass is 10.1. The van der Waals surface area contributed by atoms with E-state index in [2.05, 4.69) is 20.4 Å². The summed E-state index contributed by atoms with van der Waals surface area (Å²) in [5, 5.41) is 7.26. The maximum Gasteiger partial charge on any atom is 0.259 e. The average molecular weight is 291 g/mol. The lowest BCUT2D eigenvalue weighted by molar-refractivity contribution is 1.13. The Kier molecular flexibility index (Phi) is 3.74. The first-order chi connectivity index (χ1) is 10.8. The lowest BCUT2D eigenvalue weighted by Crippen LogP contribution is -2.12. The highest BCUT2D eigenvalue weighted by Crippen LogP contribution is 2.16. The standard InChI is InChI=1S/C16H13N5O/c17-21-14(10-19-12-6-2-1-3-7-12)13-9-11-5-4-8-18-15(11)20-16(13)22/h1-10,17,19H,(H,18,20,22)/b14-10-,21-17?. The van der Waals surface area contributed by atoms with Crippen LogP contribution in [0.2, 0.25) is 0 Å². The molecule has 1 aromatic carbocycles. The predicted octanol–water partition coefficient (Wildman–Crippen LogP) is 3.36. The van der Waals surface area contributed by atoms with Gasteiger partial charge in [0.1, 0.15) is 11.3 Å². The minimum absolute atomic E-state index is 0.246. The van der Waals surface area contributed by atoms with Gasteiger partial charge in [-0.05, 0) is 30.3 Å². The molecule has 6 nitrogen and oxygen atoms in total. The van der Waals surface area contributed by atoms with Gasteiger partial charge in [0.2, 0.25) is 0 Å². The van der Waals surface area contributed by atoms with Crippen molar-refractivity contribution in [2.24, 2.45) is 5.11 Å². The molecule has 0 aliphatic heterocycles. The van der Waals surface area contributed by atoms with Gasteiger partial charge in [-0.25, -0.2) is 10.5 Å². The number of hydrogen-bond donors (Lipinski definition) is 3. The van der Waals surface area contributed by atoms with Crippen molar-refractivity contribution in [3.05, 3.63) is 76.8 Å². The molecular weight excluding hydrogens is 278 g/mol. The number of rotatable bonds is 4. The SMILES string of the molecule is N=N/C(=C\Nc1ccccc1)c1cc2cccnc2[nH]c1=O. The number of H-pyrrole nitrogens is 1. The molecule has 108 valence electrons. The van der Waals surface area contributed by atoms with Crippen molar-refractivity contribution in [1.29, 1.82) is 5.53 Å². The third kappa shape index (κ3) is 2.76. The van der Waals surface area contributed by atoms with E-state index < -0.39 is 0 Å². The van der Waals surface area contributed by atoms with Crippen molar-refractivity contribution >= 4 is 22.4 Å². The topological polar surface area (TPSA) is 94.0 Å². The van der Waals surface area contributed by atoms with Crippen molar-refractivity contribution in [3.8, 4) is 0 Å². The molecule has 22 heavy (non-hydrogen) atoms. The number of aromatic amines is 1. The molecule has 0 fully saturated rings. The molecule has 0 aliphatic rings. The summed E-state index contributed by atoms with van der Waals surface area (Å²) in [5.41, 5.74) is 8.91. The highest BCUT2D eigenvalue weighted by atomic mass is 16.1. The second-order valence-corrected chi connectivity index (χ2v) is 4.61. The van der Waals surface area contributed by atoms with Crippen LogP contribution in [0.25, 0.3) is 16.7 Å². The van der Waals surface area contributed by atoms with E-state index in [0.717, 1.165) is 11.1 Å². The van der Waals surface area contributed by atoms with Crippen molar-refractivity contribution in [2.75, 3.05) is 5.32 Å². The number of hydrogen-bond acceptors (Lipinski definition) is 5. The second kappa shape index (κ2) is 6.01. The number of benzene rings is 1. The number of nitrogens with one attached hydrogen (secondary N) is 3. The van der Waals surface area contributed by atoms with E-state index in [1.807, 2.05) is 36.4 Å². The molecule has 0 saturated carbocycles. The zero-order valence-corrected chi connectivity index (χ0v) is 11.6. The zero-order valence-electron chi connectivity index (χ0n) is 11.6. The molecule has 3 rings (SSSR count). The van der Waals surface area contributed by atoms with E-state index in [-0.39, 0.29) is 11.3 Å². The molecule has 0 amide bonds. The Morgan fingerprint density at radius 2 is 2.05 bits per heavy atom. The van der Waals surface area contributed by atoms with E-state index in [4.69, 9.17) is 5.53 Å². The number of anilines is 1. The molecular formula is C16H13N5O. The Morgan fingerprint density at radius 3 is 2.82 bits per heavy atom. The summed E-state index contributed by atoms with van der Waals surface area (Å²) in [7, 11) is 0. The third-order valence-electron chi connectivity index (χ3n) is 3.16. The number of aromatic nitrogens is 2. The molecule has 0 radical (unpaired) electrons. The van der Waals surface area contributed by atoms with Gasteiger partial charge < -0.3 is 10.3 Å². The smallest absolute Gasteiger partial charge is 0.259 e. The molecule has 2 aromatic heterocycles. The molecule has 0 bridgehead atoms. The number of nitrogens with zero attached hydrogens (tertiary/aromatic N) is 2. The minimum Gasteiger partial charge on any atom is -0.360 e. The lowest BCUT2D eigenvalue weighted by Gasteiger charge is -2.04. The first-order valence-corrected chi connectivity index (χ1v) is 6.65. The monoisotopic (exact) mass is 291 g/mol.